The number of anilines is 1. The highest BCUT2D eigenvalue weighted by atomic mass is 32.1. The maximum absolute atomic E-state index is 5.25. The zero-order chi connectivity index (χ0) is 17.2. The van der Waals surface area contributed by atoms with Crippen LogP contribution in [0.3, 0.4) is 0 Å². The van der Waals surface area contributed by atoms with Crippen molar-refractivity contribution in [3.05, 3.63) is 48.0 Å². The number of fused-ring (bicyclic) bond motifs is 1. The highest BCUT2D eigenvalue weighted by Crippen LogP contribution is 2.23. The molecule has 2 aromatic carbocycles. The molecule has 1 aliphatic rings. The molecular weight excluding hydrogens is 332 g/mol. The molecule has 1 fully saturated rings. The first kappa shape index (κ1) is 16.3. The van der Waals surface area contributed by atoms with E-state index in [1.807, 2.05) is 12.1 Å². The number of aromatic nitrogens is 2. The fourth-order valence-electron chi connectivity index (χ4n) is 3.42. The Morgan fingerprint density at radius 3 is 2.64 bits per heavy atom. The molecule has 0 radical (unpaired) electrons. The Bertz CT molecular complexity index is 848. The van der Waals surface area contributed by atoms with Crippen LogP contribution in [-0.2, 0) is 6.54 Å². The van der Waals surface area contributed by atoms with Gasteiger partial charge in [0.2, 0.25) is 0 Å². The van der Waals surface area contributed by atoms with E-state index in [-0.39, 0.29) is 0 Å². The second-order valence-electron chi connectivity index (χ2n) is 6.55. The van der Waals surface area contributed by atoms with Crippen LogP contribution in [0.5, 0.6) is 5.75 Å². The van der Waals surface area contributed by atoms with Gasteiger partial charge in [-0.2, -0.15) is 8.75 Å². The number of hydrogen-bond acceptors (Lipinski definition) is 6. The minimum Gasteiger partial charge on any atom is -0.497 e. The van der Waals surface area contributed by atoms with Crippen molar-refractivity contribution in [2.45, 2.75) is 19.5 Å². The van der Waals surface area contributed by atoms with Crippen molar-refractivity contribution >= 4 is 28.4 Å². The molecule has 130 valence electrons. The Morgan fingerprint density at radius 1 is 1.08 bits per heavy atom. The van der Waals surface area contributed by atoms with Gasteiger partial charge in [-0.3, -0.25) is 4.90 Å². The van der Waals surface area contributed by atoms with Gasteiger partial charge in [-0.1, -0.05) is 6.07 Å². The van der Waals surface area contributed by atoms with Crippen LogP contribution in [0.1, 0.15) is 12.5 Å². The number of piperazine rings is 1. The molecule has 0 bridgehead atoms. The van der Waals surface area contributed by atoms with Gasteiger partial charge in [0.05, 0.1) is 18.8 Å². The lowest BCUT2D eigenvalue weighted by Crippen LogP contribution is -2.51. The minimum atomic E-state index is 0.500. The molecule has 0 amide bonds. The lowest BCUT2D eigenvalue weighted by atomic mass is 10.1. The first-order valence-electron chi connectivity index (χ1n) is 8.57. The summed E-state index contributed by atoms with van der Waals surface area (Å²) in [5, 5.41) is 0. The average Bonchev–Trinajstić information content (AvgIpc) is 3.11. The van der Waals surface area contributed by atoms with Crippen molar-refractivity contribution in [2.75, 3.05) is 31.6 Å². The molecule has 25 heavy (non-hydrogen) atoms. The molecule has 1 saturated heterocycles. The van der Waals surface area contributed by atoms with Crippen molar-refractivity contribution in [1.82, 2.24) is 13.6 Å². The third kappa shape index (κ3) is 3.45. The molecule has 1 atom stereocenters. The van der Waals surface area contributed by atoms with Gasteiger partial charge in [-0.25, -0.2) is 0 Å². The van der Waals surface area contributed by atoms with E-state index in [4.69, 9.17) is 4.74 Å². The Kier molecular flexibility index (Phi) is 4.55. The summed E-state index contributed by atoms with van der Waals surface area (Å²) in [7, 11) is 1.70. The highest BCUT2D eigenvalue weighted by Gasteiger charge is 2.24. The number of benzene rings is 2. The Balaban J connectivity index is 1.42. The van der Waals surface area contributed by atoms with Crippen molar-refractivity contribution in [2.24, 2.45) is 0 Å². The van der Waals surface area contributed by atoms with E-state index < -0.39 is 0 Å². The highest BCUT2D eigenvalue weighted by molar-refractivity contribution is 7.00. The molecule has 1 aromatic heterocycles. The first-order valence-corrected chi connectivity index (χ1v) is 9.30. The Labute approximate surface area is 152 Å². The molecular formula is C19H22N4OS. The second-order valence-corrected chi connectivity index (χ2v) is 7.08. The van der Waals surface area contributed by atoms with Crippen LogP contribution in [0.2, 0.25) is 0 Å². The van der Waals surface area contributed by atoms with Gasteiger partial charge in [0, 0.05) is 37.9 Å². The summed E-state index contributed by atoms with van der Waals surface area (Å²) in [4.78, 5) is 5.00. The van der Waals surface area contributed by atoms with Gasteiger partial charge < -0.3 is 9.64 Å². The molecule has 0 aliphatic carbocycles. The molecule has 0 spiro atoms. The minimum absolute atomic E-state index is 0.500. The van der Waals surface area contributed by atoms with Crippen LogP contribution in [0.4, 0.5) is 5.69 Å². The predicted molar refractivity (Wildman–Crippen MR) is 102 cm³/mol. The van der Waals surface area contributed by atoms with Crippen LogP contribution in [-0.4, -0.2) is 46.4 Å². The summed E-state index contributed by atoms with van der Waals surface area (Å²) in [6.07, 6.45) is 0. The summed E-state index contributed by atoms with van der Waals surface area (Å²) in [6, 6.07) is 15.3. The van der Waals surface area contributed by atoms with Gasteiger partial charge in [0.1, 0.15) is 16.8 Å². The zero-order valence-electron chi connectivity index (χ0n) is 14.6. The molecule has 5 nitrogen and oxygen atoms in total. The van der Waals surface area contributed by atoms with Crippen LogP contribution < -0.4 is 9.64 Å². The smallest absolute Gasteiger partial charge is 0.119 e. The predicted octanol–water partition coefficient (Wildman–Crippen LogP) is 3.41. The van der Waals surface area contributed by atoms with Crippen LogP contribution in [0.25, 0.3) is 11.0 Å². The quantitative estimate of drug-likeness (QED) is 0.718. The second kappa shape index (κ2) is 6.98. The fraction of sp³-hybridized carbons (Fsp3) is 0.368. The molecule has 0 saturated carbocycles. The largest absolute Gasteiger partial charge is 0.497 e. The molecule has 2 heterocycles. The number of hydrogen-bond donors (Lipinski definition) is 0. The number of methoxy groups -OCH3 is 1. The Hall–Kier alpha value is -2.18. The van der Waals surface area contributed by atoms with Crippen molar-refractivity contribution in [3.63, 3.8) is 0 Å². The Morgan fingerprint density at radius 2 is 1.88 bits per heavy atom. The number of rotatable bonds is 4. The lowest BCUT2D eigenvalue weighted by molar-refractivity contribution is 0.181. The lowest BCUT2D eigenvalue weighted by Gasteiger charge is -2.41. The van der Waals surface area contributed by atoms with Crippen LogP contribution >= 0.6 is 11.7 Å². The summed E-state index contributed by atoms with van der Waals surface area (Å²) < 4.78 is 13.9. The van der Waals surface area contributed by atoms with Crippen LogP contribution in [0, 0.1) is 0 Å². The summed E-state index contributed by atoms with van der Waals surface area (Å²) >= 11 is 1.28. The van der Waals surface area contributed by atoms with Crippen LogP contribution in [0.15, 0.2) is 42.5 Å². The number of nitrogens with zero attached hydrogens (tertiary/aromatic N) is 4. The molecule has 4 rings (SSSR count). The molecule has 1 unspecified atom stereocenters. The topological polar surface area (TPSA) is 41.5 Å². The van der Waals surface area contributed by atoms with Gasteiger partial charge in [-0.15, -0.1) is 0 Å². The normalized spacial score (nSPS) is 18.6. The zero-order valence-corrected chi connectivity index (χ0v) is 15.4. The van der Waals surface area contributed by atoms with Crippen molar-refractivity contribution in [3.8, 4) is 5.75 Å². The maximum atomic E-state index is 5.25. The summed E-state index contributed by atoms with van der Waals surface area (Å²) in [5.41, 5.74) is 4.57. The number of ether oxygens (including phenoxy) is 1. The third-order valence-electron chi connectivity index (χ3n) is 4.91. The maximum Gasteiger partial charge on any atom is 0.119 e. The molecule has 0 N–H and O–H groups in total. The molecule has 1 aliphatic heterocycles. The summed E-state index contributed by atoms with van der Waals surface area (Å²) in [6.45, 7) is 6.40. The standard InChI is InChI=1S/C19H22N4OS/c1-14-12-23(16-4-6-17(24-2)7-5-16)10-9-22(14)13-15-3-8-18-19(11-15)21-25-20-18/h3-8,11,14H,9-10,12-13H2,1-2H3. The van der Waals surface area contributed by atoms with Gasteiger partial charge >= 0.3 is 0 Å². The van der Waals surface area contributed by atoms with E-state index in [9.17, 15) is 0 Å². The van der Waals surface area contributed by atoms with Gasteiger partial charge in [0.25, 0.3) is 0 Å². The average molecular weight is 354 g/mol. The van der Waals surface area contributed by atoms with E-state index >= 15 is 0 Å². The summed E-state index contributed by atoms with van der Waals surface area (Å²) in [5.74, 6) is 0.905. The van der Waals surface area contributed by atoms with Gasteiger partial charge in [0.15, 0.2) is 0 Å². The molecule has 3 aromatic rings. The first-order chi connectivity index (χ1) is 12.2. The van der Waals surface area contributed by atoms with Gasteiger partial charge in [-0.05, 0) is 48.9 Å². The van der Waals surface area contributed by atoms with Crippen molar-refractivity contribution in [1.29, 1.82) is 0 Å². The van der Waals surface area contributed by atoms with E-state index in [1.165, 1.54) is 23.0 Å². The fourth-order valence-corrected chi connectivity index (χ4v) is 3.94. The van der Waals surface area contributed by atoms with E-state index in [0.717, 1.165) is 43.0 Å². The monoisotopic (exact) mass is 354 g/mol. The van der Waals surface area contributed by atoms with Crippen molar-refractivity contribution < 1.29 is 4.74 Å². The third-order valence-corrected chi connectivity index (χ3v) is 5.46. The van der Waals surface area contributed by atoms with E-state index in [1.54, 1.807) is 7.11 Å². The molecule has 6 heteroatoms. The van der Waals surface area contributed by atoms with E-state index in [2.05, 4.69) is 55.8 Å². The van der Waals surface area contributed by atoms with E-state index in [0.29, 0.717) is 6.04 Å². The SMILES string of the molecule is COc1ccc(N2CCN(Cc3ccc4nsnc4c3)C(C)C2)cc1.